The number of allylic oxidation sites excluding steroid dienone is 2. The smallest absolute Gasteiger partial charge is 0.290 e. The molecule has 33 heavy (non-hydrogen) atoms. The third-order valence-electron chi connectivity index (χ3n) is 6.71. The average molecular weight is 431 g/mol. The maximum Gasteiger partial charge on any atom is 0.290 e. The summed E-state index contributed by atoms with van der Waals surface area (Å²) in [4.78, 5) is 0. The van der Waals surface area contributed by atoms with Crippen LogP contribution in [0.1, 0.15) is 61.5 Å². The Morgan fingerprint density at radius 1 is 0.788 bits per heavy atom. The van der Waals surface area contributed by atoms with Crippen molar-refractivity contribution in [3.05, 3.63) is 81.8 Å². The van der Waals surface area contributed by atoms with Gasteiger partial charge in [-0.05, 0) is 70.9 Å². The molecule has 0 N–H and O–H groups in total. The van der Waals surface area contributed by atoms with Crippen LogP contribution in [-0.2, 0) is 0 Å². The van der Waals surface area contributed by atoms with Crippen molar-refractivity contribution < 1.29 is 0 Å². The second-order valence-corrected chi connectivity index (χ2v) is 8.40. The van der Waals surface area contributed by atoms with E-state index in [1.54, 1.807) is 0 Å². The van der Waals surface area contributed by atoms with Crippen LogP contribution in [0.15, 0.2) is 37.4 Å². The molecule has 0 amide bonds. The summed E-state index contributed by atoms with van der Waals surface area (Å²) in [5, 5.41) is 4.93. The summed E-state index contributed by atoms with van der Waals surface area (Å²) in [5.74, 6) is 0. The normalized spacial score (nSPS) is 13.5. The zero-order valence-electron chi connectivity index (χ0n) is 20.7. The quantitative estimate of drug-likeness (QED) is 0.347. The van der Waals surface area contributed by atoms with Crippen molar-refractivity contribution in [3.63, 3.8) is 0 Å². The lowest BCUT2D eigenvalue weighted by atomic mass is 9.80. The van der Waals surface area contributed by atoms with E-state index in [1.165, 1.54) is 49.4 Å². The zero-order chi connectivity index (χ0) is 23.9. The molecule has 3 heteroatoms. The highest BCUT2D eigenvalue weighted by Gasteiger charge is 2.20. The van der Waals surface area contributed by atoms with E-state index in [0.717, 1.165) is 16.7 Å². The van der Waals surface area contributed by atoms with Gasteiger partial charge in [0.1, 0.15) is 0 Å². The third kappa shape index (κ3) is 3.26. The van der Waals surface area contributed by atoms with Gasteiger partial charge in [0.25, 0.3) is 7.41 Å². The van der Waals surface area contributed by atoms with Crippen LogP contribution in [0.5, 0.6) is 0 Å². The molecule has 0 atom stereocenters. The van der Waals surface area contributed by atoms with E-state index in [4.69, 9.17) is 0 Å². The summed E-state index contributed by atoms with van der Waals surface area (Å²) < 4.78 is 4.65. The Labute approximate surface area is 197 Å². The van der Waals surface area contributed by atoms with Crippen LogP contribution >= 0.6 is 0 Å². The van der Waals surface area contributed by atoms with Gasteiger partial charge in [0.15, 0.2) is 0 Å². The lowest BCUT2D eigenvalue weighted by molar-refractivity contribution is 1.14. The van der Waals surface area contributed by atoms with Crippen LogP contribution in [0.4, 0.5) is 0 Å². The maximum absolute atomic E-state index is 4.12. The molecule has 0 saturated carbocycles. The first-order valence-electron chi connectivity index (χ1n) is 11.6. The molecule has 3 heterocycles. The first-order valence-corrected chi connectivity index (χ1v) is 11.6. The van der Waals surface area contributed by atoms with E-state index < -0.39 is 0 Å². The maximum atomic E-state index is 4.12. The Bertz CT molecular complexity index is 1530. The van der Waals surface area contributed by atoms with Crippen molar-refractivity contribution in [1.82, 2.24) is 8.88 Å². The van der Waals surface area contributed by atoms with Crippen molar-refractivity contribution in [1.29, 1.82) is 0 Å². The van der Waals surface area contributed by atoms with Gasteiger partial charge in [0, 0.05) is 38.3 Å². The van der Waals surface area contributed by atoms with E-state index in [9.17, 15) is 0 Å². The Hall–Kier alpha value is -3.46. The second-order valence-electron chi connectivity index (χ2n) is 8.40. The van der Waals surface area contributed by atoms with E-state index in [1.807, 2.05) is 12.2 Å². The number of hydrogen-bond acceptors (Lipinski definition) is 0. The molecule has 4 rings (SSSR count). The summed E-state index contributed by atoms with van der Waals surface area (Å²) in [5.41, 5.74) is 9.67. The van der Waals surface area contributed by atoms with Crippen LogP contribution < -0.4 is 16.0 Å². The second kappa shape index (κ2) is 8.82. The van der Waals surface area contributed by atoms with Gasteiger partial charge >= 0.3 is 0 Å². The van der Waals surface area contributed by atoms with E-state index >= 15 is 0 Å². The van der Waals surface area contributed by atoms with Crippen molar-refractivity contribution in [3.8, 4) is 0 Å². The largest absolute Gasteiger partial charge is 0.385 e. The Morgan fingerprint density at radius 2 is 1.39 bits per heavy atom. The van der Waals surface area contributed by atoms with Crippen LogP contribution in [-0.4, -0.2) is 16.3 Å². The number of benzene rings is 1. The lowest BCUT2D eigenvalue weighted by Crippen LogP contribution is -2.27. The highest BCUT2D eigenvalue weighted by molar-refractivity contribution is 6.53. The molecule has 0 aliphatic carbocycles. The third-order valence-corrected chi connectivity index (χ3v) is 6.71. The monoisotopic (exact) mass is 431 g/mol. The van der Waals surface area contributed by atoms with Crippen LogP contribution in [0.3, 0.4) is 0 Å². The van der Waals surface area contributed by atoms with Gasteiger partial charge < -0.3 is 8.88 Å². The van der Waals surface area contributed by atoms with Crippen molar-refractivity contribution >= 4 is 65.6 Å². The van der Waals surface area contributed by atoms with E-state index in [0.29, 0.717) is 0 Å². The predicted octanol–water partition coefficient (Wildman–Crippen LogP) is 5.69. The van der Waals surface area contributed by atoms with Crippen LogP contribution in [0.2, 0.25) is 0 Å². The standard InChI is InChI=1S/C30H32BN2/c1-9-15-28-19(7)20(8)29(16-10-2)33(28)31-21-17-24-22(11-3)26(13-5)32-27(14-6)23(12-4)25(18-21)30(24)32/h9-18H,3,5H2,1-2,4,6-8H3/b15-9-,16-10-,23-12-,27-14+. The lowest BCUT2D eigenvalue weighted by Gasteiger charge is -2.11. The zero-order valence-corrected chi connectivity index (χ0v) is 20.7. The topological polar surface area (TPSA) is 9.34 Å². The summed E-state index contributed by atoms with van der Waals surface area (Å²) >= 11 is 0. The Balaban J connectivity index is 2.10. The molecule has 0 unspecified atom stereocenters. The van der Waals surface area contributed by atoms with Crippen LogP contribution in [0, 0.1) is 13.8 Å². The van der Waals surface area contributed by atoms with Gasteiger partial charge in [0.2, 0.25) is 0 Å². The molecule has 0 spiro atoms. The molecule has 165 valence electrons. The molecule has 0 saturated heterocycles. The molecule has 0 fully saturated rings. The Morgan fingerprint density at radius 3 is 1.88 bits per heavy atom. The fourth-order valence-electron chi connectivity index (χ4n) is 5.16. The fourth-order valence-corrected chi connectivity index (χ4v) is 5.16. The first kappa shape index (κ1) is 22.7. The van der Waals surface area contributed by atoms with Crippen molar-refractivity contribution in [2.45, 2.75) is 41.5 Å². The predicted molar refractivity (Wildman–Crippen MR) is 150 cm³/mol. The van der Waals surface area contributed by atoms with Gasteiger partial charge in [-0.3, -0.25) is 0 Å². The van der Waals surface area contributed by atoms with Gasteiger partial charge in [0.05, 0.1) is 11.2 Å². The average Bonchev–Trinajstić information content (AvgIpc) is 3.38. The van der Waals surface area contributed by atoms with Crippen LogP contribution in [0.25, 0.3) is 52.7 Å². The van der Waals surface area contributed by atoms with Crippen molar-refractivity contribution in [2.24, 2.45) is 0 Å². The van der Waals surface area contributed by atoms with Gasteiger partial charge in [-0.15, -0.1) is 0 Å². The molecule has 3 aromatic heterocycles. The Kier molecular flexibility index (Phi) is 6.08. The molecule has 4 aromatic rings. The van der Waals surface area contributed by atoms with E-state index in [-0.39, 0.29) is 0 Å². The SMILES string of the molecule is C=Cc1c(C=C)n2c(=C/C)/c(=C\C)c3cc([B]n4c(/C=C\C)c(C)c(C)c4/C=C\C)cc1c32. The van der Waals surface area contributed by atoms with Gasteiger partial charge in [-0.1, -0.05) is 61.1 Å². The molecule has 0 bridgehead atoms. The molecule has 0 aliphatic rings. The minimum atomic E-state index is 1.10. The van der Waals surface area contributed by atoms with Gasteiger partial charge in [-0.2, -0.15) is 0 Å². The summed E-state index contributed by atoms with van der Waals surface area (Å²) in [6.07, 6.45) is 16.9. The minimum Gasteiger partial charge on any atom is -0.385 e. The molecule has 1 aromatic carbocycles. The molecule has 2 nitrogen and oxygen atoms in total. The highest BCUT2D eigenvalue weighted by Crippen LogP contribution is 2.29. The summed E-state index contributed by atoms with van der Waals surface area (Å²) in [6.45, 7) is 21.0. The molecule has 1 radical (unpaired) electrons. The number of hydrogen-bond donors (Lipinski definition) is 0. The minimum absolute atomic E-state index is 1.10. The number of nitrogens with zero attached hydrogens (tertiary/aromatic N) is 2. The molecular formula is C30H32BN2. The van der Waals surface area contributed by atoms with Crippen molar-refractivity contribution in [2.75, 3.05) is 0 Å². The highest BCUT2D eigenvalue weighted by atomic mass is 14.9. The molecule has 0 aliphatic heterocycles. The number of aromatic nitrogens is 2. The fraction of sp³-hybridized carbons (Fsp3) is 0.200. The molecular weight excluding hydrogens is 399 g/mol. The van der Waals surface area contributed by atoms with E-state index in [2.05, 4.69) is 120 Å². The first-order chi connectivity index (χ1) is 16.0. The summed E-state index contributed by atoms with van der Waals surface area (Å²) in [6, 6.07) is 4.60. The number of rotatable bonds is 6. The summed E-state index contributed by atoms with van der Waals surface area (Å²) in [7, 11) is 2.26. The van der Waals surface area contributed by atoms with Gasteiger partial charge in [-0.25, -0.2) is 0 Å².